The van der Waals surface area contributed by atoms with Crippen LogP contribution in [-0.2, 0) is 30.4 Å². The Labute approximate surface area is 242 Å². The molecule has 2 amide bonds. The first-order valence-electron chi connectivity index (χ1n) is 14.9. The Balaban J connectivity index is 2.07. The molecule has 41 heavy (non-hydrogen) atoms. The summed E-state index contributed by atoms with van der Waals surface area (Å²) in [7, 11) is 0. The van der Waals surface area contributed by atoms with Gasteiger partial charge in [0.05, 0.1) is 6.33 Å². The van der Waals surface area contributed by atoms with Crippen molar-refractivity contribution in [3.63, 3.8) is 0 Å². The zero-order valence-corrected chi connectivity index (χ0v) is 24.1. The summed E-state index contributed by atoms with van der Waals surface area (Å²) >= 11 is 0. The van der Waals surface area contributed by atoms with E-state index in [0.29, 0.717) is 12.1 Å². The number of aliphatic carboxylic acids is 3. The van der Waals surface area contributed by atoms with Crippen molar-refractivity contribution >= 4 is 29.7 Å². The maximum absolute atomic E-state index is 12.2. The lowest BCUT2D eigenvalue weighted by Gasteiger charge is -2.16. The van der Waals surface area contributed by atoms with Gasteiger partial charge in [-0.05, 0) is 19.3 Å². The Morgan fingerprint density at radius 1 is 0.634 bits per heavy atom. The molecule has 1 heterocycles. The number of nitrogens with one attached hydrogen (secondary N) is 3. The molecule has 0 aromatic carbocycles. The van der Waals surface area contributed by atoms with E-state index in [-0.39, 0.29) is 38.0 Å². The van der Waals surface area contributed by atoms with Gasteiger partial charge in [-0.25, -0.2) is 14.6 Å². The molecule has 0 aliphatic carbocycles. The van der Waals surface area contributed by atoms with Crippen molar-refractivity contribution in [2.45, 2.75) is 134 Å². The fourth-order valence-corrected chi connectivity index (χ4v) is 4.57. The molecule has 1 aromatic heterocycles. The molecule has 6 N–H and O–H groups in total. The molecule has 1 rings (SSSR count). The molecule has 12 heteroatoms. The molecular weight excluding hydrogens is 532 g/mol. The molecule has 0 spiro atoms. The Bertz CT molecular complexity index is 907. The summed E-state index contributed by atoms with van der Waals surface area (Å²) in [4.78, 5) is 64.5. The van der Waals surface area contributed by atoms with Crippen molar-refractivity contribution in [2.24, 2.45) is 0 Å². The van der Waals surface area contributed by atoms with Crippen LogP contribution < -0.4 is 10.6 Å². The van der Waals surface area contributed by atoms with Crippen molar-refractivity contribution in [2.75, 3.05) is 0 Å². The van der Waals surface area contributed by atoms with Gasteiger partial charge in [-0.15, -0.1) is 0 Å². The SMILES string of the molecule is O=C(O)CCCCCCCCCCCCCCCCC(=O)N[C@@H](CCC(=O)N[C@@H](Cc1cnc[nH]1)C(=O)O)C(=O)O. The molecule has 2 atom stereocenters. The molecule has 0 fully saturated rings. The van der Waals surface area contributed by atoms with Crippen molar-refractivity contribution < 1.29 is 39.3 Å². The van der Waals surface area contributed by atoms with E-state index in [2.05, 4.69) is 20.6 Å². The minimum atomic E-state index is -1.24. The zero-order chi connectivity index (χ0) is 30.3. The number of unbranched alkanes of at least 4 members (excludes halogenated alkanes) is 13. The Hall–Kier alpha value is -3.44. The number of hydrogen-bond acceptors (Lipinski definition) is 6. The number of aromatic amines is 1. The average Bonchev–Trinajstić information content (AvgIpc) is 3.43. The highest BCUT2D eigenvalue weighted by Gasteiger charge is 2.24. The smallest absolute Gasteiger partial charge is 0.326 e. The van der Waals surface area contributed by atoms with Gasteiger partial charge in [0.15, 0.2) is 0 Å². The standard InChI is InChI=1S/C29H48N4O8/c34-25(15-13-11-9-7-5-3-1-2-4-6-8-10-12-14-16-27(36)37)32-23(28(38)39)17-18-26(35)33-24(29(40)41)19-22-20-30-21-31-22/h20-21,23-24H,1-19H2,(H,30,31)(H,32,34)(H,33,35)(H,36,37)(H,38,39)(H,40,41)/t23-,24-/m0/s1. The summed E-state index contributed by atoms with van der Waals surface area (Å²) in [5.41, 5.74) is 0.541. The molecule has 0 aliphatic rings. The van der Waals surface area contributed by atoms with Crippen LogP contribution in [0.3, 0.4) is 0 Å². The highest BCUT2D eigenvalue weighted by molar-refractivity contribution is 5.86. The maximum atomic E-state index is 12.2. The van der Waals surface area contributed by atoms with Crippen LogP contribution in [-0.4, -0.2) is 67.1 Å². The van der Waals surface area contributed by atoms with Gasteiger partial charge >= 0.3 is 17.9 Å². The second-order valence-electron chi connectivity index (χ2n) is 10.6. The fraction of sp³-hybridized carbons (Fsp3) is 0.724. The van der Waals surface area contributed by atoms with E-state index in [1.807, 2.05) is 0 Å². The molecule has 12 nitrogen and oxygen atoms in total. The summed E-state index contributed by atoms with van der Waals surface area (Å²) < 4.78 is 0. The lowest BCUT2D eigenvalue weighted by Crippen LogP contribution is -2.44. The number of carbonyl (C=O) groups excluding carboxylic acids is 2. The van der Waals surface area contributed by atoms with E-state index in [0.717, 1.165) is 44.9 Å². The van der Waals surface area contributed by atoms with Crippen LogP contribution in [0.2, 0.25) is 0 Å². The van der Waals surface area contributed by atoms with Gasteiger partial charge in [-0.1, -0.05) is 77.0 Å². The van der Waals surface area contributed by atoms with Crippen molar-refractivity contribution in [1.82, 2.24) is 20.6 Å². The number of rotatable bonds is 26. The number of nitrogens with zero attached hydrogens (tertiary/aromatic N) is 1. The van der Waals surface area contributed by atoms with Gasteiger partial charge in [-0.2, -0.15) is 0 Å². The highest BCUT2D eigenvalue weighted by Crippen LogP contribution is 2.14. The summed E-state index contributed by atoms with van der Waals surface area (Å²) in [6.45, 7) is 0. The van der Waals surface area contributed by atoms with E-state index in [9.17, 15) is 34.2 Å². The topological polar surface area (TPSA) is 199 Å². The summed E-state index contributed by atoms with van der Waals surface area (Å²) in [6.07, 6.45) is 18.0. The first-order chi connectivity index (χ1) is 19.7. The van der Waals surface area contributed by atoms with Gasteiger partial charge in [0.25, 0.3) is 0 Å². The van der Waals surface area contributed by atoms with Gasteiger partial charge in [0.2, 0.25) is 11.8 Å². The molecule has 0 aliphatic heterocycles. The highest BCUT2D eigenvalue weighted by atomic mass is 16.4. The van der Waals surface area contributed by atoms with E-state index in [1.165, 1.54) is 51.0 Å². The molecule has 0 radical (unpaired) electrons. The van der Waals surface area contributed by atoms with Gasteiger partial charge in [-0.3, -0.25) is 14.4 Å². The number of hydrogen-bond donors (Lipinski definition) is 6. The summed E-state index contributed by atoms with van der Waals surface area (Å²) in [5.74, 6) is -4.15. The second-order valence-corrected chi connectivity index (χ2v) is 10.6. The Morgan fingerprint density at radius 3 is 1.51 bits per heavy atom. The number of carbonyl (C=O) groups is 5. The predicted molar refractivity (Wildman–Crippen MR) is 152 cm³/mol. The predicted octanol–water partition coefficient (Wildman–Crippen LogP) is 4.20. The number of aromatic nitrogens is 2. The Morgan fingerprint density at radius 2 is 1.07 bits per heavy atom. The maximum Gasteiger partial charge on any atom is 0.326 e. The van der Waals surface area contributed by atoms with Gasteiger partial charge in [0, 0.05) is 37.6 Å². The zero-order valence-electron chi connectivity index (χ0n) is 24.1. The largest absolute Gasteiger partial charge is 0.481 e. The van der Waals surface area contributed by atoms with Crippen LogP contribution in [0.4, 0.5) is 0 Å². The lowest BCUT2D eigenvalue weighted by molar-refractivity contribution is -0.143. The minimum Gasteiger partial charge on any atom is -0.481 e. The van der Waals surface area contributed by atoms with Crippen molar-refractivity contribution in [3.8, 4) is 0 Å². The van der Waals surface area contributed by atoms with E-state index >= 15 is 0 Å². The molecular formula is C29H48N4O8. The van der Waals surface area contributed by atoms with Crippen molar-refractivity contribution in [1.29, 1.82) is 0 Å². The average molecular weight is 581 g/mol. The number of amides is 2. The fourth-order valence-electron chi connectivity index (χ4n) is 4.57. The quantitative estimate of drug-likeness (QED) is 0.0869. The lowest BCUT2D eigenvalue weighted by atomic mass is 10.0. The van der Waals surface area contributed by atoms with Crippen LogP contribution in [0.1, 0.15) is 121 Å². The van der Waals surface area contributed by atoms with Crippen LogP contribution in [0.5, 0.6) is 0 Å². The number of carboxylic acids is 3. The van der Waals surface area contributed by atoms with Crippen LogP contribution in [0.15, 0.2) is 12.5 Å². The first-order valence-corrected chi connectivity index (χ1v) is 14.9. The molecule has 0 unspecified atom stereocenters. The van der Waals surface area contributed by atoms with Crippen LogP contribution in [0.25, 0.3) is 0 Å². The monoisotopic (exact) mass is 580 g/mol. The minimum absolute atomic E-state index is 0.0140. The van der Waals surface area contributed by atoms with Gasteiger partial charge in [0.1, 0.15) is 12.1 Å². The van der Waals surface area contributed by atoms with Crippen LogP contribution in [0, 0.1) is 0 Å². The molecule has 232 valence electrons. The van der Waals surface area contributed by atoms with E-state index < -0.39 is 35.9 Å². The van der Waals surface area contributed by atoms with Crippen LogP contribution >= 0.6 is 0 Å². The number of H-pyrrole nitrogens is 1. The Kier molecular flexibility index (Phi) is 19.3. The normalized spacial score (nSPS) is 12.4. The molecule has 0 bridgehead atoms. The third-order valence-electron chi connectivity index (χ3n) is 6.95. The third-order valence-corrected chi connectivity index (χ3v) is 6.95. The van der Waals surface area contributed by atoms with Crippen molar-refractivity contribution in [3.05, 3.63) is 18.2 Å². The number of imidazole rings is 1. The second kappa shape index (κ2) is 22.3. The summed E-state index contributed by atoms with van der Waals surface area (Å²) in [5, 5.41) is 32.2. The first kappa shape index (κ1) is 35.6. The van der Waals surface area contributed by atoms with E-state index in [1.54, 1.807) is 0 Å². The molecule has 1 aromatic rings. The van der Waals surface area contributed by atoms with E-state index in [4.69, 9.17) is 5.11 Å². The third kappa shape index (κ3) is 19.3. The summed E-state index contributed by atoms with van der Waals surface area (Å²) in [6, 6.07) is -2.40. The molecule has 0 saturated carbocycles. The van der Waals surface area contributed by atoms with Gasteiger partial charge < -0.3 is 30.9 Å². The molecule has 0 saturated heterocycles. The number of carboxylic acid groups (broad SMARTS) is 3.